The van der Waals surface area contributed by atoms with Crippen molar-refractivity contribution >= 4 is 27.5 Å². The van der Waals surface area contributed by atoms with E-state index in [0.29, 0.717) is 12.1 Å². The molecule has 1 saturated heterocycles. The lowest BCUT2D eigenvalue weighted by Gasteiger charge is -2.33. The Morgan fingerprint density at radius 2 is 2.16 bits per heavy atom. The molecule has 0 aliphatic carbocycles. The fraction of sp³-hybridized carbons (Fsp3) is 0.368. The Bertz CT molecular complexity index is 837. The van der Waals surface area contributed by atoms with E-state index in [1.807, 2.05) is 30.3 Å². The lowest BCUT2D eigenvalue weighted by atomic mass is 10.1. The Morgan fingerprint density at radius 3 is 2.96 bits per heavy atom. The van der Waals surface area contributed by atoms with Crippen LogP contribution in [0.3, 0.4) is 0 Å². The fourth-order valence-corrected chi connectivity index (χ4v) is 4.12. The maximum atomic E-state index is 12.6. The SMILES string of the molecule is O=C(NC[C@H](c1ccco1)N1CCCCC1)c1ccc2ncsc2c1. The number of aromatic nitrogens is 1. The summed E-state index contributed by atoms with van der Waals surface area (Å²) in [7, 11) is 0. The molecular formula is C19H21N3O2S. The van der Waals surface area contributed by atoms with Crippen molar-refractivity contribution in [2.24, 2.45) is 0 Å². The molecule has 130 valence electrons. The molecule has 1 aliphatic heterocycles. The van der Waals surface area contributed by atoms with E-state index in [1.165, 1.54) is 19.3 Å². The highest BCUT2D eigenvalue weighted by atomic mass is 32.1. The maximum Gasteiger partial charge on any atom is 0.251 e. The van der Waals surface area contributed by atoms with E-state index < -0.39 is 0 Å². The first-order valence-electron chi connectivity index (χ1n) is 8.70. The second-order valence-corrected chi connectivity index (χ2v) is 7.26. The van der Waals surface area contributed by atoms with Crippen molar-refractivity contribution in [3.63, 3.8) is 0 Å². The third-order valence-electron chi connectivity index (χ3n) is 4.75. The van der Waals surface area contributed by atoms with Gasteiger partial charge >= 0.3 is 0 Å². The van der Waals surface area contributed by atoms with E-state index in [1.54, 1.807) is 23.1 Å². The fourth-order valence-electron chi connectivity index (χ4n) is 3.41. The molecule has 25 heavy (non-hydrogen) atoms. The van der Waals surface area contributed by atoms with Crippen LogP contribution in [0, 0.1) is 0 Å². The van der Waals surface area contributed by atoms with Crippen molar-refractivity contribution < 1.29 is 9.21 Å². The van der Waals surface area contributed by atoms with Gasteiger partial charge in [-0.05, 0) is 56.3 Å². The molecule has 0 radical (unpaired) electrons. The van der Waals surface area contributed by atoms with Crippen molar-refractivity contribution in [2.45, 2.75) is 25.3 Å². The number of amides is 1. The lowest BCUT2D eigenvalue weighted by Crippen LogP contribution is -2.40. The van der Waals surface area contributed by atoms with Crippen molar-refractivity contribution in [1.29, 1.82) is 0 Å². The molecular weight excluding hydrogens is 334 g/mol. The van der Waals surface area contributed by atoms with Crippen molar-refractivity contribution in [2.75, 3.05) is 19.6 Å². The Kier molecular flexibility index (Phi) is 4.81. The summed E-state index contributed by atoms with van der Waals surface area (Å²) in [6, 6.07) is 9.63. The van der Waals surface area contributed by atoms with Crippen LogP contribution in [0.1, 0.15) is 41.4 Å². The smallest absolute Gasteiger partial charge is 0.251 e. The summed E-state index contributed by atoms with van der Waals surface area (Å²) in [5, 5.41) is 3.09. The Labute approximate surface area is 150 Å². The monoisotopic (exact) mass is 355 g/mol. The number of carbonyl (C=O) groups is 1. The molecule has 5 nitrogen and oxygen atoms in total. The number of nitrogens with zero attached hydrogens (tertiary/aromatic N) is 2. The maximum absolute atomic E-state index is 12.6. The minimum Gasteiger partial charge on any atom is -0.468 e. The summed E-state index contributed by atoms with van der Waals surface area (Å²) in [5.41, 5.74) is 3.41. The number of fused-ring (bicyclic) bond motifs is 1. The summed E-state index contributed by atoms with van der Waals surface area (Å²) in [4.78, 5) is 19.3. The second kappa shape index (κ2) is 7.37. The number of furan rings is 1. The number of thiazole rings is 1. The van der Waals surface area contributed by atoms with Gasteiger partial charge in [-0.3, -0.25) is 9.69 Å². The average molecular weight is 355 g/mol. The van der Waals surface area contributed by atoms with Gasteiger partial charge in [0.2, 0.25) is 0 Å². The third kappa shape index (κ3) is 3.60. The van der Waals surface area contributed by atoms with Gasteiger partial charge in [-0.25, -0.2) is 4.98 Å². The summed E-state index contributed by atoms with van der Waals surface area (Å²) >= 11 is 1.55. The molecule has 1 fully saturated rings. The zero-order valence-corrected chi connectivity index (χ0v) is 14.8. The van der Waals surface area contributed by atoms with Crippen molar-refractivity contribution in [3.8, 4) is 0 Å². The summed E-state index contributed by atoms with van der Waals surface area (Å²) in [6.07, 6.45) is 5.38. The van der Waals surface area contributed by atoms with Crippen LogP contribution >= 0.6 is 11.3 Å². The van der Waals surface area contributed by atoms with Crippen LogP contribution in [0.2, 0.25) is 0 Å². The molecule has 0 saturated carbocycles. The molecule has 3 aromatic rings. The van der Waals surface area contributed by atoms with Crippen molar-refractivity contribution in [1.82, 2.24) is 15.2 Å². The van der Waals surface area contributed by atoms with Gasteiger partial charge in [0.05, 0.1) is 28.0 Å². The van der Waals surface area contributed by atoms with Gasteiger partial charge in [0, 0.05) is 12.1 Å². The predicted octanol–water partition coefficient (Wildman–Crippen LogP) is 3.85. The van der Waals surface area contributed by atoms with Gasteiger partial charge in [0.15, 0.2) is 0 Å². The zero-order valence-electron chi connectivity index (χ0n) is 14.0. The topological polar surface area (TPSA) is 58.4 Å². The Hall–Kier alpha value is -2.18. The highest BCUT2D eigenvalue weighted by Crippen LogP contribution is 2.25. The molecule has 6 heteroatoms. The Balaban J connectivity index is 1.47. The van der Waals surface area contributed by atoms with Gasteiger partial charge in [0.1, 0.15) is 5.76 Å². The average Bonchev–Trinajstić information content (AvgIpc) is 3.34. The first kappa shape index (κ1) is 16.3. The first-order chi connectivity index (χ1) is 12.3. The largest absolute Gasteiger partial charge is 0.468 e. The molecule has 1 aliphatic rings. The Morgan fingerprint density at radius 1 is 1.28 bits per heavy atom. The van der Waals surface area contributed by atoms with Crippen molar-refractivity contribution in [3.05, 3.63) is 53.4 Å². The van der Waals surface area contributed by atoms with E-state index >= 15 is 0 Å². The van der Waals surface area contributed by atoms with Crippen LogP contribution in [0.4, 0.5) is 0 Å². The van der Waals surface area contributed by atoms with Crippen LogP contribution in [0.15, 0.2) is 46.5 Å². The molecule has 0 unspecified atom stereocenters. The van der Waals surface area contributed by atoms with Crippen LogP contribution < -0.4 is 5.32 Å². The first-order valence-corrected chi connectivity index (χ1v) is 9.58. The zero-order chi connectivity index (χ0) is 17.1. The molecule has 3 heterocycles. The molecule has 0 bridgehead atoms. The molecule has 0 spiro atoms. The minimum atomic E-state index is -0.0520. The number of piperidine rings is 1. The van der Waals surface area contributed by atoms with Gasteiger partial charge in [-0.15, -0.1) is 11.3 Å². The lowest BCUT2D eigenvalue weighted by molar-refractivity contribution is 0.0914. The highest BCUT2D eigenvalue weighted by Gasteiger charge is 2.25. The second-order valence-electron chi connectivity index (χ2n) is 6.37. The van der Waals surface area contributed by atoms with Crippen LogP contribution in [0.5, 0.6) is 0 Å². The van der Waals surface area contributed by atoms with Crippen LogP contribution in [-0.4, -0.2) is 35.4 Å². The number of likely N-dealkylation sites (tertiary alicyclic amines) is 1. The number of carbonyl (C=O) groups excluding carboxylic acids is 1. The van der Waals surface area contributed by atoms with E-state index in [-0.39, 0.29) is 11.9 Å². The third-order valence-corrected chi connectivity index (χ3v) is 5.54. The van der Waals surface area contributed by atoms with E-state index in [2.05, 4.69) is 15.2 Å². The van der Waals surface area contributed by atoms with E-state index in [0.717, 1.165) is 29.1 Å². The molecule has 1 aromatic carbocycles. The molecule has 4 rings (SSSR count). The summed E-state index contributed by atoms with van der Waals surface area (Å²) < 4.78 is 6.67. The van der Waals surface area contributed by atoms with Gasteiger partial charge in [-0.2, -0.15) is 0 Å². The minimum absolute atomic E-state index is 0.0520. The van der Waals surface area contributed by atoms with Gasteiger partial charge < -0.3 is 9.73 Å². The van der Waals surface area contributed by atoms with Crippen LogP contribution in [-0.2, 0) is 0 Å². The summed E-state index contributed by atoms with van der Waals surface area (Å²) in [5.74, 6) is 0.865. The molecule has 1 amide bonds. The predicted molar refractivity (Wildman–Crippen MR) is 98.8 cm³/mol. The number of rotatable bonds is 5. The van der Waals surface area contributed by atoms with E-state index in [4.69, 9.17) is 4.42 Å². The summed E-state index contributed by atoms with van der Waals surface area (Å²) in [6.45, 7) is 2.65. The standard InChI is InChI=1S/C19H21N3O2S/c23-19(14-6-7-15-18(11-14)25-13-21-15)20-12-16(17-5-4-10-24-17)22-8-2-1-3-9-22/h4-7,10-11,13,16H,1-3,8-9,12H2,(H,20,23)/t16-/m1/s1. The molecule has 2 aromatic heterocycles. The van der Waals surface area contributed by atoms with Crippen LogP contribution in [0.25, 0.3) is 10.2 Å². The number of benzene rings is 1. The molecule has 1 atom stereocenters. The van der Waals surface area contributed by atoms with Gasteiger partial charge in [0.25, 0.3) is 5.91 Å². The number of nitrogens with one attached hydrogen (secondary N) is 1. The van der Waals surface area contributed by atoms with Gasteiger partial charge in [-0.1, -0.05) is 6.42 Å². The quantitative estimate of drug-likeness (QED) is 0.755. The van der Waals surface area contributed by atoms with E-state index in [9.17, 15) is 4.79 Å². The number of hydrogen-bond acceptors (Lipinski definition) is 5. The normalized spacial score (nSPS) is 16.8. The highest BCUT2D eigenvalue weighted by molar-refractivity contribution is 7.16. The molecule has 1 N–H and O–H groups in total. The number of hydrogen-bond donors (Lipinski definition) is 1.